The number of Topliss-reactive ketones (excluding diaryl/α,β-unsaturated/α-hetero) is 1. The van der Waals surface area contributed by atoms with E-state index in [1.54, 1.807) is 7.11 Å². The highest BCUT2D eigenvalue weighted by molar-refractivity contribution is 6.83. The minimum absolute atomic E-state index is 0.300. The van der Waals surface area contributed by atoms with Gasteiger partial charge in [0.1, 0.15) is 5.75 Å². The quantitative estimate of drug-likeness (QED) is 0.704. The zero-order valence-electron chi connectivity index (χ0n) is 15.5. The molecule has 1 aromatic carbocycles. The van der Waals surface area contributed by atoms with Crippen molar-refractivity contribution in [2.75, 3.05) is 7.11 Å². The molecule has 0 bridgehead atoms. The summed E-state index contributed by atoms with van der Waals surface area (Å²) in [6.45, 7) is 9.10. The summed E-state index contributed by atoms with van der Waals surface area (Å²) >= 11 is 0. The molecule has 0 saturated heterocycles. The number of aryl methyl sites for hydroxylation is 1. The van der Waals surface area contributed by atoms with Gasteiger partial charge in [-0.2, -0.15) is 0 Å². The third-order valence-corrected chi connectivity index (χ3v) is 7.71. The van der Waals surface area contributed by atoms with Crippen molar-refractivity contribution in [1.29, 1.82) is 0 Å². The fraction of sp³-hybridized carbons (Fsp3) is 0.476. The standard InChI is InChI=1S/C21H28O2Si/c1-6-19(22)21-18-9-7-14-13-15(23-2)8-10-16(14)17(18)11-12-20(21)24(3,4)5/h8,10-11,13,18H,6-7,9,12H2,1-5H3/t18-/m0/s1. The minimum atomic E-state index is -1.49. The molecule has 0 heterocycles. The number of ether oxygens (including phenoxy) is 1. The SMILES string of the molecule is CCC(=O)C1=C([Si](C)(C)C)CC=C2c3ccc(OC)cc3CC[C@@H]21. The molecule has 0 spiro atoms. The zero-order valence-corrected chi connectivity index (χ0v) is 16.5. The van der Waals surface area contributed by atoms with Gasteiger partial charge in [-0.25, -0.2) is 0 Å². The van der Waals surface area contributed by atoms with Gasteiger partial charge in [0.15, 0.2) is 5.78 Å². The lowest BCUT2D eigenvalue weighted by atomic mass is 9.72. The lowest BCUT2D eigenvalue weighted by Crippen LogP contribution is -2.33. The van der Waals surface area contributed by atoms with Gasteiger partial charge in [0, 0.05) is 12.3 Å². The molecule has 2 aliphatic rings. The van der Waals surface area contributed by atoms with Crippen LogP contribution >= 0.6 is 0 Å². The topological polar surface area (TPSA) is 26.3 Å². The second-order valence-corrected chi connectivity index (χ2v) is 13.0. The molecule has 2 nitrogen and oxygen atoms in total. The Kier molecular flexibility index (Phi) is 4.56. The lowest BCUT2D eigenvalue weighted by molar-refractivity contribution is -0.115. The van der Waals surface area contributed by atoms with Crippen molar-refractivity contribution in [3.8, 4) is 5.75 Å². The molecule has 0 aromatic heterocycles. The molecule has 3 heteroatoms. The molecule has 0 aliphatic heterocycles. The van der Waals surface area contributed by atoms with Crippen molar-refractivity contribution < 1.29 is 9.53 Å². The normalized spacial score (nSPS) is 20.2. The predicted molar refractivity (Wildman–Crippen MR) is 103 cm³/mol. The first-order chi connectivity index (χ1) is 11.4. The Morgan fingerprint density at radius 2 is 2.04 bits per heavy atom. The third-order valence-electron chi connectivity index (χ3n) is 5.43. The van der Waals surface area contributed by atoms with E-state index < -0.39 is 8.07 Å². The summed E-state index contributed by atoms with van der Waals surface area (Å²) in [6.07, 6.45) is 6.03. The van der Waals surface area contributed by atoms with E-state index >= 15 is 0 Å². The van der Waals surface area contributed by atoms with Crippen LogP contribution in [0.4, 0.5) is 0 Å². The highest BCUT2D eigenvalue weighted by atomic mass is 28.3. The first kappa shape index (κ1) is 17.2. The van der Waals surface area contributed by atoms with Crippen LogP contribution in [0.25, 0.3) is 5.57 Å². The summed E-state index contributed by atoms with van der Waals surface area (Å²) in [4.78, 5) is 12.8. The fourth-order valence-electron chi connectivity index (χ4n) is 4.18. The number of hydrogen-bond donors (Lipinski definition) is 0. The van der Waals surface area contributed by atoms with Crippen molar-refractivity contribution in [2.45, 2.75) is 52.2 Å². The van der Waals surface area contributed by atoms with Gasteiger partial charge in [0.2, 0.25) is 0 Å². The molecule has 0 N–H and O–H groups in total. The van der Waals surface area contributed by atoms with E-state index in [0.29, 0.717) is 18.1 Å². The summed E-state index contributed by atoms with van der Waals surface area (Å²) < 4.78 is 5.38. The van der Waals surface area contributed by atoms with Crippen LogP contribution in [0.15, 0.2) is 35.0 Å². The van der Waals surface area contributed by atoms with E-state index in [2.05, 4.69) is 37.8 Å². The second kappa shape index (κ2) is 6.36. The van der Waals surface area contributed by atoms with E-state index in [-0.39, 0.29) is 0 Å². The Morgan fingerprint density at radius 3 is 2.67 bits per heavy atom. The summed E-state index contributed by atoms with van der Waals surface area (Å²) in [6, 6.07) is 6.38. The molecular weight excluding hydrogens is 312 g/mol. The molecule has 0 fully saturated rings. The first-order valence-corrected chi connectivity index (χ1v) is 12.5. The van der Waals surface area contributed by atoms with Gasteiger partial charge in [-0.1, -0.05) is 43.9 Å². The second-order valence-electron chi connectivity index (χ2n) is 7.90. The Labute approximate surface area is 146 Å². The van der Waals surface area contributed by atoms with E-state index in [9.17, 15) is 4.79 Å². The Bertz CT molecular complexity index is 735. The number of carbonyl (C=O) groups is 1. The molecule has 1 atom stereocenters. The maximum absolute atomic E-state index is 12.8. The third kappa shape index (κ3) is 2.90. The molecule has 2 aliphatic carbocycles. The number of hydrogen-bond acceptors (Lipinski definition) is 2. The number of benzene rings is 1. The van der Waals surface area contributed by atoms with Crippen LogP contribution in [0, 0.1) is 5.92 Å². The van der Waals surface area contributed by atoms with Crippen molar-refractivity contribution in [3.63, 3.8) is 0 Å². The molecule has 0 saturated carbocycles. The highest BCUT2D eigenvalue weighted by Gasteiger charge is 2.37. The van der Waals surface area contributed by atoms with Gasteiger partial charge in [0.25, 0.3) is 0 Å². The van der Waals surface area contributed by atoms with Gasteiger partial charge in [-0.05, 0) is 53.7 Å². The van der Waals surface area contributed by atoms with E-state index in [1.165, 1.54) is 21.9 Å². The van der Waals surface area contributed by atoms with Gasteiger partial charge >= 0.3 is 0 Å². The number of methoxy groups -OCH3 is 1. The predicted octanol–water partition coefficient (Wildman–Crippen LogP) is 5.20. The number of rotatable bonds is 4. The van der Waals surface area contributed by atoms with Gasteiger partial charge in [0.05, 0.1) is 15.2 Å². The van der Waals surface area contributed by atoms with Crippen LogP contribution in [0.5, 0.6) is 5.75 Å². The van der Waals surface area contributed by atoms with Crippen LogP contribution in [0.3, 0.4) is 0 Å². The maximum atomic E-state index is 12.8. The molecule has 1 aromatic rings. The monoisotopic (exact) mass is 340 g/mol. The van der Waals surface area contributed by atoms with Crippen LogP contribution in [0.2, 0.25) is 19.6 Å². The first-order valence-electron chi connectivity index (χ1n) is 9.00. The fourth-order valence-corrected chi connectivity index (χ4v) is 6.01. The van der Waals surface area contributed by atoms with Crippen LogP contribution in [-0.4, -0.2) is 21.0 Å². The molecule has 0 radical (unpaired) electrons. The zero-order chi connectivity index (χ0) is 17.5. The number of allylic oxidation sites excluding steroid dienone is 4. The van der Waals surface area contributed by atoms with E-state index in [4.69, 9.17) is 4.74 Å². The van der Waals surface area contributed by atoms with Crippen molar-refractivity contribution in [3.05, 3.63) is 46.2 Å². The number of fused-ring (bicyclic) bond motifs is 3. The summed E-state index contributed by atoms with van der Waals surface area (Å²) in [7, 11) is 0.230. The largest absolute Gasteiger partial charge is 0.497 e. The van der Waals surface area contributed by atoms with Crippen LogP contribution in [-0.2, 0) is 11.2 Å². The number of ketones is 1. The summed E-state index contributed by atoms with van der Waals surface area (Å²) in [5.41, 5.74) is 5.22. The minimum Gasteiger partial charge on any atom is -0.497 e. The van der Waals surface area contributed by atoms with E-state index in [1.807, 2.05) is 13.0 Å². The van der Waals surface area contributed by atoms with Crippen molar-refractivity contribution in [2.24, 2.45) is 5.92 Å². The van der Waals surface area contributed by atoms with Gasteiger partial charge < -0.3 is 4.74 Å². The molecular formula is C21H28O2Si. The smallest absolute Gasteiger partial charge is 0.158 e. The van der Waals surface area contributed by atoms with Crippen molar-refractivity contribution >= 4 is 19.4 Å². The van der Waals surface area contributed by atoms with Crippen LogP contribution in [0.1, 0.15) is 37.3 Å². The highest BCUT2D eigenvalue weighted by Crippen LogP contribution is 2.46. The average molecular weight is 341 g/mol. The van der Waals surface area contributed by atoms with E-state index in [0.717, 1.165) is 30.6 Å². The molecule has 24 heavy (non-hydrogen) atoms. The summed E-state index contributed by atoms with van der Waals surface area (Å²) in [5, 5.41) is 1.47. The summed E-state index contributed by atoms with van der Waals surface area (Å²) in [5.74, 6) is 1.58. The average Bonchev–Trinajstić information content (AvgIpc) is 2.58. The van der Waals surface area contributed by atoms with Gasteiger partial charge in [-0.3, -0.25) is 4.79 Å². The molecule has 0 unspecified atom stereocenters. The lowest BCUT2D eigenvalue weighted by Gasteiger charge is -2.37. The Hall–Kier alpha value is -1.61. The van der Waals surface area contributed by atoms with Gasteiger partial charge in [-0.15, -0.1) is 0 Å². The van der Waals surface area contributed by atoms with Crippen LogP contribution < -0.4 is 4.74 Å². The van der Waals surface area contributed by atoms with Crippen molar-refractivity contribution in [1.82, 2.24) is 0 Å². The molecule has 128 valence electrons. The Balaban J connectivity index is 2.08. The molecule has 3 rings (SSSR count). The molecule has 0 amide bonds. The Morgan fingerprint density at radius 1 is 1.29 bits per heavy atom. The number of carbonyl (C=O) groups excluding carboxylic acids is 1. The maximum Gasteiger partial charge on any atom is 0.158 e.